The van der Waals surface area contributed by atoms with E-state index in [0.29, 0.717) is 10.0 Å². The second kappa shape index (κ2) is 5.44. The second-order valence-corrected chi connectivity index (χ2v) is 6.30. The molecular weight excluding hydrogens is 304 g/mol. The molecule has 1 fully saturated rings. The molecule has 0 atom stereocenters. The number of anilines is 2. The molecule has 8 heteroatoms. The summed E-state index contributed by atoms with van der Waals surface area (Å²) in [5, 5.41) is 4.17. The van der Waals surface area contributed by atoms with Crippen molar-refractivity contribution in [2.45, 2.75) is 0 Å². The van der Waals surface area contributed by atoms with Gasteiger partial charge in [0, 0.05) is 37.8 Å². The van der Waals surface area contributed by atoms with Gasteiger partial charge in [-0.2, -0.15) is 0 Å². The molecule has 0 bridgehead atoms. The predicted molar refractivity (Wildman–Crippen MR) is 79.1 cm³/mol. The molecular formula is C11H11ClN4OS2. The molecule has 0 radical (unpaired) electrons. The molecule has 0 amide bonds. The van der Waals surface area contributed by atoms with Gasteiger partial charge >= 0.3 is 0 Å². The molecule has 5 nitrogen and oxygen atoms in total. The number of nitrogens with zero attached hydrogens (tertiary/aromatic N) is 4. The quantitative estimate of drug-likeness (QED) is 0.814. The standard InChI is InChI=1S/C11H11ClN4OS2/c12-9-8(7-17)19-11(14-9)16-4-2-15(3-5-16)10-13-1-6-18-10/h1,6-7H,2-5H2. The highest BCUT2D eigenvalue weighted by molar-refractivity contribution is 7.17. The van der Waals surface area contributed by atoms with E-state index in [9.17, 15) is 4.79 Å². The topological polar surface area (TPSA) is 49.3 Å². The van der Waals surface area contributed by atoms with Crippen LogP contribution in [0.1, 0.15) is 9.67 Å². The van der Waals surface area contributed by atoms with Crippen LogP contribution >= 0.6 is 34.3 Å². The smallest absolute Gasteiger partial charge is 0.187 e. The molecule has 2 aromatic rings. The van der Waals surface area contributed by atoms with E-state index >= 15 is 0 Å². The van der Waals surface area contributed by atoms with Crippen molar-refractivity contribution in [1.82, 2.24) is 9.97 Å². The first kappa shape index (κ1) is 12.8. The molecule has 0 aliphatic carbocycles. The van der Waals surface area contributed by atoms with Crippen LogP contribution in [0.2, 0.25) is 5.15 Å². The van der Waals surface area contributed by atoms with Gasteiger partial charge in [0.25, 0.3) is 0 Å². The largest absolute Gasteiger partial charge is 0.345 e. The number of hydrogen-bond donors (Lipinski definition) is 0. The molecule has 0 spiro atoms. The van der Waals surface area contributed by atoms with E-state index in [2.05, 4.69) is 19.8 Å². The van der Waals surface area contributed by atoms with Crippen LogP contribution in [0.15, 0.2) is 11.6 Å². The lowest BCUT2D eigenvalue weighted by molar-refractivity contribution is 0.112. The molecule has 2 aromatic heterocycles. The summed E-state index contributed by atoms with van der Waals surface area (Å²) < 4.78 is 0. The number of aromatic nitrogens is 2. The van der Waals surface area contributed by atoms with Crippen LogP contribution in [0.5, 0.6) is 0 Å². The van der Waals surface area contributed by atoms with Gasteiger partial charge in [0.2, 0.25) is 0 Å². The van der Waals surface area contributed by atoms with Gasteiger partial charge in [0.1, 0.15) is 4.88 Å². The Balaban J connectivity index is 1.68. The molecule has 19 heavy (non-hydrogen) atoms. The normalized spacial score (nSPS) is 15.8. The first-order chi connectivity index (χ1) is 9.28. The Labute approximate surface area is 123 Å². The van der Waals surface area contributed by atoms with E-state index in [0.717, 1.165) is 42.7 Å². The van der Waals surface area contributed by atoms with Crippen LogP contribution in [-0.4, -0.2) is 42.4 Å². The summed E-state index contributed by atoms with van der Waals surface area (Å²) in [6.07, 6.45) is 2.58. The number of halogens is 1. The Morgan fingerprint density at radius 3 is 2.42 bits per heavy atom. The SMILES string of the molecule is O=Cc1sc(N2CCN(c3nccs3)CC2)nc1Cl. The molecule has 0 N–H and O–H groups in total. The van der Waals surface area contributed by atoms with Crippen molar-refractivity contribution in [3.63, 3.8) is 0 Å². The molecule has 1 saturated heterocycles. The maximum atomic E-state index is 10.8. The molecule has 0 unspecified atom stereocenters. The number of carbonyl (C=O) groups excluding carboxylic acids is 1. The fourth-order valence-electron chi connectivity index (χ4n) is 1.97. The van der Waals surface area contributed by atoms with Crippen LogP contribution in [-0.2, 0) is 0 Å². The zero-order chi connectivity index (χ0) is 13.2. The number of carbonyl (C=O) groups is 1. The average Bonchev–Trinajstić information content (AvgIpc) is 3.08. The Bertz CT molecular complexity index is 563. The monoisotopic (exact) mass is 314 g/mol. The number of thiazole rings is 2. The van der Waals surface area contributed by atoms with Gasteiger partial charge < -0.3 is 9.80 Å². The number of hydrogen-bond acceptors (Lipinski definition) is 7. The van der Waals surface area contributed by atoms with Gasteiger partial charge in [-0.1, -0.05) is 22.9 Å². The van der Waals surface area contributed by atoms with Gasteiger partial charge in [-0.05, 0) is 0 Å². The van der Waals surface area contributed by atoms with Crippen molar-refractivity contribution in [3.05, 3.63) is 21.6 Å². The highest BCUT2D eigenvalue weighted by Gasteiger charge is 2.22. The van der Waals surface area contributed by atoms with Crippen molar-refractivity contribution in [1.29, 1.82) is 0 Å². The van der Waals surface area contributed by atoms with E-state index in [1.54, 1.807) is 11.3 Å². The Morgan fingerprint density at radius 1 is 1.21 bits per heavy atom. The third-order valence-corrected chi connectivity index (χ3v) is 5.22. The minimum atomic E-state index is 0.303. The fraction of sp³-hybridized carbons (Fsp3) is 0.364. The molecule has 1 aliphatic heterocycles. The third kappa shape index (κ3) is 2.58. The lowest BCUT2D eigenvalue weighted by atomic mass is 10.3. The third-order valence-electron chi connectivity index (χ3n) is 2.95. The average molecular weight is 315 g/mol. The fourth-order valence-corrected chi connectivity index (χ4v) is 3.78. The van der Waals surface area contributed by atoms with E-state index in [1.165, 1.54) is 11.3 Å². The van der Waals surface area contributed by atoms with E-state index < -0.39 is 0 Å². The molecule has 100 valence electrons. The van der Waals surface area contributed by atoms with Crippen molar-refractivity contribution >= 4 is 50.8 Å². The van der Waals surface area contributed by atoms with Gasteiger partial charge in [0.15, 0.2) is 21.7 Å². The Morgan fingerprint density at radius 2 is 1.89 bits per heavy atom. The van der Waals surface area contributed by atoms with E-state index in [-0.39, 0.29) is 0 Å². The molecule has 1 aliphatic rings. The van der Waals surface area contributed by atoms with Crippen LogP contribution in [0.3, 0.4) is 0 Å². The van der Waals surface area contributed by atoms with Crippen molar-refractivity contribution < 1.29 is 4.79 Å². The maximum absolute atomic E-state index is 10.8. The molecule has 0 aromatic carbocycles. The number of piperazine rings is 1. The van der Waals surface area contributed by atoms with Crippen LogP contribution in [0.4, 0.5) is 10.3 Å². The first-order valence-corrected chi connectivity index (χ1v) is 7.86. The molecule has 3 heterocycles. The minimum absolute atomic E-state index is 0.303. The van der Waals surface area contributed by atoms with Gasteiger partial charge in [0.05, 0.1) is 0 Å². The van der Waals surface area contributed by atoms with Crippen molar-refractivity contribution in [2.24, 2.45) is 0 Å². The van der Waals surface area contributed by atoms with Gasteiger partial charge in [-0.25, -0.2) is 9.97 Å². The summed E-state index contributed by atoms with van der Waals surface area (Å²) >= 11 is 8.90. The van der Waals surface area contributed by atoms with Crippen molar-refractivity contribution in [3.8, 4) is 0 Å². The van der Waals surface area contributed by atoms with E-state index in [4.69, 9.17) is 11.6 Å². The number of rotatable bonds is 3. The van der Waals surface area contributed by atoms with Crippen LogP contribution < -0.4 is 9.80 Å². The Hall–Kier alpha value is -1.18. The molecule has 3 rings (SSSR count). The summed E-state index contributed by atoms with van der Waals surface area (Å²) in [5.41, 5.74) is 0. The lowest BCUT2D eigenvalue weighted by Gasteiger charge is -2.34. The minimum Gasteiger partial charge on any atom is -0.345 e. The predicted octanol–water partition coefficient (Wildman–Crippen LogP) is 2.39. The maximum Gasteiger partial charge on any atom is 0.187 e. The van der Waals surface area contributed by atoms with Gasteiger partial charge in [-0.15, -0.1) is 11.3 Å². The van der Waals surface area contributed by atoms with Gasteiger partial charge in [-0.3, -0.25) is 4.79 Å². The van der Waals surface area contributed by atoms with Crippen LogP contribution in [0, 0.1) is 0 Å². The highest BCUT2D eigenvalue weighted by atomic mass is 35.5. The summed E-state index contributed by atoms with van der Waals surface area (Å²) in [4.78, 5) is 24.3. The highest BCUT2D eigenvalue weighted by Crippen LogP contribution is 2.29. The second-order valence-electron chi connectivity index (χ2n) is 4.06. The zero-order valence-corrected chi connectivity index (χ0v) is 12.3. The zero-order valence-electron chi connectivity index (χ0n) is 9.95. The first-order valence-electron chi connectivity index (χ1n) is 5.79. The number of aldehydes is 1. The van der Waals surface area contributed by atoms with Crippen LogP contribution in [0.25, 0.3) is 0 Å². The molecule has 0 saturated carbocycles. The lowest BCUT2D eigenvalue weighted by Crippen LogP contribution is -2.46. The Kier molecular flexibility index (Phi) is 3.67. The summed E-state index contributed by atoms with van der Waals surface area (Å²) in [7, 11) is 0. The van der Waals surface area contributed by atoms with E-state index in [1.807, 2.05) is 11.6 Å². The van der Waals surface area contributed by atoms with Crippen molar-refractivity contribution in [2.75, 3.05) is 36.0 Å². The summed E-state index contributed by atoms with van der Waals surface area (Å²) in [5.74, 6) is 0. The summed E-state index contributed by atoms with van der Waals surface area (Å²) in [6.45, 7) is 3.53. The summed E-state index contributed by atoms with van der Waals surface area (Å²) in [6, 6.07) is 0.